The topological polar surface area (TPSA) is 81.7 Å². The van der Waals surface area contributed by atoms with Gasteiger partial charge in [-0.2, -0.15) is 0 Å². The highest BCUT2D eigenvalue weighted by molar-refractivity contribution is 6.36. The number of amides is 1. The normalized spacial score (nSPS) is 12.2. The number of benzene rings is 1. The van der Waals surface area contributed by atoms with Crippen molar-refractivity contribution in [3.63, 3.8) is 0 Å². The summed E-state index contributed by atoms with van der Waals surface area (Å²) in [7, 11) is 0. The third-order valence-electron chi connectivity index (χ3n) is 3.61. The van der Waals surface area contributed by atoms with E-state index in [9.17, 15) is 14.7 Å². The van der Waals surface area contributed by atoms with Crippen molar-refractivity contribution in [1.29, 1.82) is 0 Å². The third-order valence-corrected chi connectivity index (χ3v) is 4.15. The molecule has 0 bridgehead atoms. The highest BCUT2D eigenvalue weighted by atomic mass is 35.5. The molecule has 0 radical (unpaired) electrons. The minimum atomic E-state index is -1.06. The van der Waals surface area contributed by atoms with E-state index in [2.05, 4.69) is 15.5 Å². The molecule has 1 aromatic rings. The molecule has 0 aliphatic rings. The van der Waals surface area contributed by atoms with Crippen molar-refractivity contribution in [1.82, 2.24) is 10.2 Å². The van der Waals surface area contributed by atoms with Crippen molar-refractivity contribution in [2.75, 3.05) is 31.5 Å². The Morgan fingerprint density at radius 2 is 1.92 bits per heavy atom. The molecule has 0 unspecified atom stereocenters. The number of aliphatic carboxylic acids is 1. The van der Waals surface area contributed by atoms with E-state index in [-0.39, 0.29) is 6.42 Å². The Labute approximate surface area is 152 Å². The van der Waals surface area contributed by atoms with Crippen molar-refractivity contribution < 1.29 is 14.7 Å². The lowest BCUT2D eigenvalue weighted by atomic mass is 10.2. The zero-order chi connectivity index (χ0) is 18.1. The first-order valence-electron chi connectivity index (χ1n) is 7.80. The van der Waals surface area contributed by atoms with Crippen LogP contribution in [0.3, 0.4) is 0 Å². The number of anilines is 1. The number of nitrogens with zero attached hydrogens (tertiary/aromatic N) is 1. The molecule has 3 N–H and O–H groups in total. The van der Waals surface area contributed by atoms with Gasteiger partial charge >= 0.3 is 5.97 Å². The van der Waals surface area contributed by atoms with Crippen LogP contribution in [0.25, 0.3) is 0 Å². The van der Waals surface area contributed by atoms with Gasteiger partial charge in [0.05, 0.1) is 17.1 Å². The van der Waals surface area contributed by atoms with Crippen LogP contribution in [0.15, 0.2) is 18.2 Å². The number of carbonyl (C=O) groups excluding carboxylic acids is 1. The van der Waals surface area contributed by atoms with Gasteiger partial charge in [-0.1, -0.05) is 37.0 Å². The van der Waals surface area contributed by atoms with E-state index in [1.54, 1.807) is 12.1 Å². The summed E-state index contributed by atoms with van der Waals surface area (Å²) in [4.78, 5) is 25.5. The molecule has 0 aromatic heterocycles. The maximum atomic E-state index is 12.1. The number of hydrogen-bond acceptors (Lipinski definition) is 4. The first-order valence-corrected chi connectivity index (χ1v) is 8.56. The number of halogens is 2. The summed E-state index contributed by atoms with van der Waals surface area (Å²) in [6, 6.07) is 3.73. The minimum absolute atomic E-state index is 0.188. The van der Waals surface area contributed by atoms with E-state index in [0.717, 1.165) is 19.6 Å². The first kappa shape index (κ1) is 20.7. The quantitative estimate of drug-likeness (QED) is 0.585. The molecule has 1 aromatic carbocycles. The molecule has 134 valence electrons. The van der Waals surface area contributed by atoms with Crippen LogP contribution in [0.2, 0.25) is 10.0 Å². The summed E-state index contributed by atoms with van der Waals surface area (Å²) >= 11 is 11.8. The summed E-state index contributed by atoms with van der Waals surface area (Å²) in [6.45, 7) is 7.09. The summed E-state index contributed by atoms with van der Waals surface area (Å²) in [5, 5.41) is 15.5. The van der Waals surface area contributed by atoms with Crippen molar-refractivity contribution in [3.05, 3.63) is 28.2 Å². The minimum Gasteiger partial charge on any atom is -0.480 e. The molecular weight excluding hydrogens is 353 g/mol. The second kappa shape index (κ2) is 10.5. The zero-order valence-electron chi connectivity index (χ0n) is 13.8. The van der Waals surface area contributed by atoms with Crippen LogP contribution in [-0.2, 0) is 9.59 Å². The summed E-state index contributed by atoms with van der Waals surface area (Å²) in [6.07, 6.45) is -0.188. The molecule has 0 spiro atoms. The predicted molar refractivity (Wildman–Crippen MR) is 96.9 cm³/mol. The molecule has 24 heavy (non-hydrogen) atoms. The number of carboxylic acids is 1. The molecule has 8 heteroatoms. The molecule has 0 heterocycles. The number of carboxylic acid groups (broad SMARTS) is 1. The second-order valence-electron chi connectivity index (χ2n) is 5.25. The fourth-order valence-corrected chi connectivity index (χ4v) is 2.62. The standard InChI is InChI=1S/C16H23Cl2N3O3/c1-3-21(4-2)8-7-19-14(16(23)24)10-15(22)20-13-6-5-11(17)9-12(13)18/h5-6,9,14,19H,3-4,7-8,10H2,1-2H3,(H,20,22)(H,23,24)/t14-/m1/s1. The van der Waals surface area contributed by atoms with Gasteiger partial charge in [0, 0.05) is 18.1 Å². The Hall–Kier alpha value is -1.34. The van der Waals surface area contributed by atoms with Crippen molar-refractivity contribution >= 4 is 40.8 Å². The number of likely N-dealkylation sites (N-methyl/N-ethyl adjacent to an activating group) is 1. The molecule has 1 rings (SSSR count). The SMILES string of the molecule is CCN(CC)CCN[C@H](CC(=O)Nc1ccc(Cl)cc1Cl)C(=O)O. The van der Waals surface area contributed by atoms with Crippen LogP contribution in [0.1, 0.15) is 20.3 Å². The van der Waals surface area contributed by atoms with Crippen LogP contribution in [0, 0.1) is 0 Å². The van der Waals surface area contributed by atoms with Crippen molar-refractivity contribution in [2.24, 2.45) is 0 Å². The largest absolute Gasteiger partial charge is 0.480 e. The van der Waals surface area contributed by atoms with Crippen LogP contribution in [-0.4, -0.2) is 54.1 Å². The monoisotopic (exact) mass is 375 g/mol. The third kappa shape index (κ3) is 7.05. The average molecular weight is 376 g/mol. The lowest BCUT2D eigenvalue weighted by molar-refractivity contribution is -0.141. The van der Waals surface area contributed by atoms with E-state index >= 15 is 0 Å². The Morgan fingerprint density at radius 3 is 2.46 bits per heavy atom. The summed E-state index contributed by atoms with van der Waals surface area (Å²) < 4.78 is 0. The van der Waals surface area contributed by atoms with Crippen LogP contribution in [0.4, 0.5) is 5.69 Å². The Bertz CT molecular complexity index is 565. The van der Waals surface area contributed by atoms with E-state index in [4.69, 9.17) is 23.2 Å². The number of carbonyl (C=O) groups is 2. The molecule has 1 atom stereocenters. The summed E-state index contributed by atoms with van der Waals surface area (Å²) in [5.74, 6) is -1.49. The first-order chi connectivity index (χ1) is 11.4. The maximum Gasteiger partial charge on any atom is 0.321 e. The Kier molecular flexibility index (Phi) is 9.07. The highest BCUT2D eigenvalue weighted by Gasteiger charge is 2.21. The van der Waals surface area contributed by atoms with E-state index in [1.807, 2.05) is 13.8 Å². The molecular formula is C16H23Cl2N3O3. The van der Waals surface area contributed by atoms with Crippen molar-refractivity contribution in [3.8, 4) is 0 Å². The van der Waals surface area contributed by atoms with Gasteiger partial charge in [0.1, 0.15) is 6.04 Å². The predicted octanol–water partition coefficient (Wildman–Crippen LogP) is 2.71. The van der Waals surface area contributed by atoms with Crippen LogP contribution < -0.4 is 10.6 Å². The lowest BCUT2D eigenvalue weighted by Crippen LogP contribution is -2.43. The molecule has 0 saturated heterocycles. The molecule has 6 nitrogen and oxygen atoms in total. The van der Waals surface area contributed by atoms with Gasteiger partial charge in [0.25, 0.3) is 0 Å². The highest BCUT2D eigenvalue weighted by Crippen LogP contribution is 2.25. The van der Waals surface area contributed by atoms with Crippen molar-refractivity contribution in [2.45, 2.75) is 26.3 Å². The fourth-order valence-electron chi connectivity index (χ4n) is 2.16. The number of hydrogen-bond donors (Lipinski definition) is 3. The maximum absolute atomic E-state index is 12.1. The number of nitrogens with one attached hydrogen (secondary N) is 2. The van der Waals surface area contributed by atoms with Gasteiger partial charge in [-0.05, 0) is 31.3 Å². The van der Waals surface area contributed by atoms with E-state index < -0.39 is 17.9 Å². The molecule has 0 fully saturated rings. The van der Waals surface area contributed by atoms with Gasteiger partial charge in [-0.3, -0.25) is 9.59 Å². The van der Waals surface area contributed by atoms with Gasteiger partial charge in [-0.15, -0.1) is 0 Å². The summed E-state index contributed by atoms with van der Waals surface area (Å²) in [5.41, 5.74) is 0.401. The van der Waals surface area contributed by atoms with E-state index in [0.29, 0.717) is 22.3 Å². The molecule has 1 amide bonds. The van der Waals surface area contributed by atoms with Crippen LogP contribution in [0.5, 0.6) is 0 Å². The molecule has 0 aliphatic carbocycles. The second-order valence-corrected chi connectivity index (χ2v) is 6.09. The van der Waals surface area contributed by atoms with E-state index in [1.165, 1.54) is 6.07 Å². The van der Waals surface area contributed by atoms with Gasteiger partial charge in [-0.25, -0.2) is 0 Å². The molecule has 0 saturated carbocycles. The zero-order valence-corrected chi connectivity index (χ0v) is 15.3. The van der Waals surface area contributed by atoms with Crippen LogP contribution >= 0.6 is 23.2 Å². The fraction of sp³-hybridized carbons (Fsp3) is 0.500. The Morgan fingerprint density at radius 1 is 1.25 bits per heavy atom. The van der Waals surface area contributed by atoms with Gasteiger partial charge < -0.3 is 20.6 Å². The number of rotatable bonds is 10. The lowest BCUT2D eigenvalue weighted by Gasteiger charge is -2.20. The Balaban J connectivity index is 2.55. The average Bonchev–Trinajstić information content (AvgIpc) is 2.53. The van der Waals surface area contributed by atoms with Gasteiger partial charge in [0.15, 0.2) is 0 Å². The van der Waals surface area contributed by atoms with Gasteiger partial charge in [0.2, 0.25) is 5.91 Å². The smallest absolute Gasteiger partial charge is 0.321 e. The molecule has 0 aliphatic heterocycles.